The number of aromatic amines is 1. The summed E-state index contributed by atoms with van der Waals surface area (Å²) in [5.41, 5.74) is 7.63. The Bertz CT molecular complexity index is 1240. The number of nitrogens with zero attached hydrogens (tertiary/aromatic N) is 2. The van der Waals surface area contributed by atoms with Crippen molar-refractivity contribution in [1.29, 1.82) is 5.26 Å². The van der Waals surface area contributed by atoms with Gasteiger partial charge in [0.25, 0.3) is 0 Å². The number of benzene rings is 3. The zero-order valence-electron chi connectivity index (χ0n) is 16.8. The van der Waals surface area contributed by atoms with Gasteiger partial charge in [0.2, 0.25) is 0 Å². The van der Waals surface area contributed by atoms with Crippen LogP contribution in [0.3, 0.4) is 0 Å². The third-order valence-electron chi connectivity index (χ3n) is 5.30. The van der Waals surface area contributed by atoms with Crippen LogP contribution in [0.25, 0.3) is 10.9 Å². The molecule has 1 heterocycles. The molecule has 4 aromatic rings. The largest absolute Gasteiger partial charge is 0.361 e. The highest BCUT2D eigenvalue weighted by Crippen LogP contribution is 2.23. The molecule has 0 atom stereocenters. The zero-order chi connectivity index (χ0) is 20.9. The van der Waals surface area contributed by atoms with Crippen molar-refractivity contribution in [3.05, 3.63) is 106 Å². The van der Waals surface area contributed by atoms with E-state index in [4.69, 9.17) is 21.9 Å². The number of halogens is 1. The Morgan fingerprint density at radius 1 is 1.03 bits per heavy atom. The Balaban J connectivity index is 1.44. The van der Waals surface area contributed by atoms with Crippen LogP contribution in [0, 0.1) is 11.3 Å². The smallest absolute Gasteiger partial charge is 0.0991 e. The molecule has 0 bridgehead atoms. The minimum atomic E-state index is 0.688. The monoisotopic (exact) mass is 411 g/mol. The molecule has 0 aliphatic carbocycles. The first-order valence-electron chi connectivity index (χ1n) is 9.97. The molecule has 0 aliphatic rings. The van der Waals surface area contributed by atoms with Gasteiger partial charge >= 0.3 is 0 Å². The molecule has 0 amide bonds. The molecule has 0 aliphatic heterocycles. The highest BCUT2D eigenvalue weighted by Gasteiger charge is 2.05. The molecule has 30 heavy (non-hydrogen) atoms. The molecule has 3 aromatic carbocycles. The molecule has 4 rings (SSSR count). The summed E-state index contributed by atoms with van der Waals surface area (Å²) in [6.07, 6.45) is 3.75. The number of rotatable bonds is 6. The van der Waals surface area contributed by atoms with Crippen molar-refractivity contribution in [2.45, 2.75) is 19.8 Å². The molecule has 148 valence electrons. The van der Waals surface area contributed by atoms with Gasteiger partial charge in [-0.05, 0) is 78.4 Å². The van der Waals surface area contributed by atoms with Crippen LogP contribution in [0.1, 0.15) is 34.7 Å². The second-order valence-electron chi connectivity index (χ2n) is 7.41. The maximum atomic E-state index is 8.94. The molecule has 0 saturated heterocycles. The fourth-order valence-corrected chi connectivity index (χ4v) is 3.80. The highest BCUT2D eigenvalue weighted by atomic mass is 35.5. The first-order chi connectivity index (χ1) is 14.6. The van der Waals surface area contributed by atoms with Crippen LogP contribution < -0.4 is 0 Å². The van der Waals surface area contributed by atoms with Crippen molar-refractivity contribution in [2.75, 3.05) is 6.54 Å². The summed E-state index contributed by atoms with van der Waals surface area (Å²) >= 11 is 6.14. The average molecular weight is 412 g/mol. The van der Waals surface area contributed by atoms with Crippen molar-refractivity contribution >= 4 is 28.2 Å². The van der Waals surface area contributed by atoms with Crippen molar-refractivity contribution in [3.63, 3.8) is 0 Å². The molecule has 1 N–H and O–H groups in total. The molecular weight excluding hydrogens is 390 g/mol. The number of aromatic nitrogens is 1. The lowest BCUT2D eigenvalue weighted by Gasteiger charge is -2.06. The van der Waals surface area contributed by atoms with E-state index >= 15 is 0 Å². The van der Waals surface area contributed by atoms with Crippen molar-refractivity contribution in [2.24, 2.45) is 4.99 Å². The number of aliphatic imine (C=N–C) groups is 1. The Morgan fingerprint density at radius 3 is 2.67 bits per heavy atom. The lowest BCUT2D eigenvalue weighted by Crippen LogP contribution is -2.00. The van der Waals surface area contributed by atoms with Crippen molar-refractivity contribution < 1.29 is 0 Å². The summed E-state index contributed by atoms with van der Waals surface area (Å²) in [5, 5.41) is 10.9. The topological polar surface area (TPSA) is 51.9 Å². The predicted molar refractivity (Wildman–Crippen MR) is 124 cm³/mol. The second-order valence-corrected chi connectivity index (χ2v) is 7.84. The Hall–Kier alpha value is -3.35. The normalized spacial score (nSPS) is 11.6. The first-order valence-corrected chi connectivity index (χ1v) is 10.3. The van der Waals surface area contributed by atoms with Crippen LogP contribution in [-0.2, 0) is 12.8 Å². The van der Waals surface area contributed by atoms with E-state index < -0.39 is 0 Å². The first kappa shape index (κ1) is 19.9. The van der Waals surface area contributed by atoms with Gasteiger partial charge in [0.15, 0.2) is 0 Å². The lowest BCUT2D eigenvalue weighted by molar-refractivity contribution is 0.974. The van der Waals surface area contributed by atoms with Crippen molar-refractivity contribution in [3.8, 4) is 6.07 Å². The SMILES string of the molecule is CC(=NCCc1c[nH]c2ccc(Cl)cc12)c1cccc(Cc2ccc(C#N)cc2)c1. The molecule has 1 aromatic heterocycles. The molecule has 0 radical (unpaired) electrons. The van der Waals surface area contributed by atoms with E-state index in [-0.39, 0.29) is 0 Å². The summed E-state index contributed by atoms with van der Waals surface area (Å²) in [7, 11) is 0. The fraction of sp³-hybridized carbons (Fsp3) is 0.154. The summed E-state index contributed by atoms with van der Waals surface area (Å²) in [4.78, 5) is 8.10. The lowest BCUT2D eigenvalue weighted by atomic mass is 10.0. The number of nitriles is 1. The number of nitrogens with one attached hydrogen (secondary N) is 1. The van der Waals surface area contributed by atoms with Crippen LogP contribution in [0.5, 0.6) is 0 Å². The van der Waals surface area contributed by atoms with E-state index in [1.165, 1.54) is 22.1 Å². The quantitative estimate of drug-likeness (QED) is 0.370. The minimum Gasteiger partial charge on any atom is -0.361 e. The summed E-state index contributed by atoms with van der Waals surface area (Å²) in [5.74, 6) is 0. The van der Waals surface area contributed by atoms with E-state index in [9.17, 15) is 0 Å². The molecule has 4 heteroatoms. The second kappa shape index (κ2) is 8.98. The fourth-order valence-electron chi connectivity index (χ4n) is 3.63. The van der Waals surface area contributed by atoms with Gasteiger partial charge in [-0.2, -0.15) is 5.26 Å². The van der Waals surface area contributed by atoms with Gasteiger partial charge in [0.05, 0.1) is 11.6 Å². The van der Waals surface area contributed by atoms with E-state index in [2.05, 4.69) is 42.2 Å². The van der Waals surface area contributed by atoms with E-state index in [1.54, 1.807) is 0 Å². The van der Waals surface area contributed by atoms with E-state index in [0.717, 1.165) is 41.2 Å². The van der Waals surface area contributed by atoms with Crippen LogP contribution in [0.15, 0.2) is 77.9 Å². The molecule has 0 fully saturated rings. The Kier molecular flexibility index (Phi) is 5.97. The third-order valence-corrected chi connectivity index (χ3v) is 5.53. The van der Waals surface area contributed by atoms with Gasteiger partial charge in [0.1, 0.15) is 0 Å². The summed E-state index contributed by atoms with van der Waals surface area (Å²) in [6, 6.07) is 24.3. The van der Waals surface area contributed by atoms with Gasteiger partial charge in [-0.1, -0.05) is 41.9 Å². The van der Waals surface area contributed by atoms with Crippen LogP contribution in [-0.4, -0.2) is 17.2 Å². The summed E-state index contributed by atoms with van der Waals surface area (Å²) in [6.45, 7) is 2.79. The van der Waals surface area contributed by atoms with E-state index in [1.807, 2.05) is 48.7 Å². The maximum absolute atomic E-state index is 8.94. The Labute approximate surface area is 181 Å². The molecule has 0 unspecified atom stereocenters. The number of H-pyrrole nitrogens is 1. The molecule has 0 saturated carbocycles. The molecule has 0 spiro atoms. The predicted octanol–water partition coefficient (Wildman–Crippen LogP) is 6.34. The standard InChI is InChI=1S/C26H22ClN3/c1-18(29-12-11-23-17-30-26-10-9-24(27)15-25(23)26)22-4-2-3-21(14-22)13-19-5-7-20(16-28)8-6-19/h2-10,14-15,17,30H,11-13H2,1H3. The maximum Gasteiger partial charge on any atom is 0.0991 e. The number of fused-ring (bicyclic) bond motifs is 1. The van der Waals surface area contributed by atoms with Gasteiger partial charge in [-0.25, -0.2) is 0 Å². The molecular formula is C26H22ClN3. The average Bonchev–Trinajstić information content (AvgIpc) is 3.16. The number of hydrogen-bond acceptors (Lipinski definition) is 2. The van der Waals surface area contributed by atoms with Gasteiger partial charge in [-0.3, -0.25) is 4.99 Å². The van der Waals surface area contributed by atoms with Gasteiger partial charge in [-0.15, -0.1) is 0 Å². The Morgan fingerprint density at radius 2 is 1.87 bits per heavy atom. The van der Waals surface area contributed by atoms with Gasteiger partial charge in [0, 0.05) is 34.4 Å². The molecule has 3 nitrogen and oxygen atoms in total. The summed E-state index contributed by atoms with van der Waals surface area (Å²) < 4.78 is 0. The highest BCUT2D eigenvalue weighted by molar-refractivity contribution is 6.31. The van der Waals surface area contributed by atoms with Crippen LogP contribution in [0.4, 0.5) is 0 Å². The number of hydrogen-bond donors (Lipinski definition) is 1. The van der Waals surface area contributed by atoms with E-state index in [0.29, 0.717) is 5.56 Å². The minimum absolute atomic E-state index is 0.688. The van der Waals surface area contributed by atoms with Crippen LogP contribution in [0.2, 0.25) is 5.02 Å². The third kappa shape index (κ3) is 4.62. The zero-order valence-corrected chi connectivity index (χ0v) is 17.6. The van der Waals surface area contributed by atoms with Crippen LogP contribution >= 0.6 is 11.6 Å². The van der Waals surface area contributed by atoms with Gasteiger partial charge < -0.3 is 4.98 Å². The van der Waals surface area contributed by atoms with Crippen molar-refractivity contribution in [1.82, 2.24) is 4.98 Å².